The average molecular weight is 214 g/mol. The van der Waals surface area contributed by atoms with E-state index in [9.17, 15) is 4.79 Å². The summed E-state index contributed by atoms with van der Waals surface area (Å²) in [5.74, 6) is 5.92. The molecule has 0 unspecified atom stereocenters. The van der Waals surface area contributed by atoms with Gasteiger partial charge in [0.1, 0.15) is 6.61 Å². The minimum atomic E-state index is 0.0275. The van der Waals surface area contributed by atoms with Crippen LogP contribution in [0.4, 0.5) is 0 Å². The number of hydrogen-bond donors (Lipinski definition) is 0. The summed E-state index contributed by atoms with van der Waals surface area (Å²) in [4.78, 5) is 10.8. The van der Waals surface area contributed by atoms with E-state index in [0.717, 1.165) is 11.1 Å². The molecule has 1 aromatic carbocycles. The number of methoxy groups -OCH3 is 1. The quantitative estimate of drug-likeness (QED) is 0.570. The smallest absolute Gasteiger partial charge is 0.152 e. The molecular weight excluding hydrogens is 200 g/mol. The molecule has 0 aliphatic carbocycles. The van der Waals surface area contributed by atoms with E-state index in [1.54, 1.807) is 13.2 Å². The first-order valence-corrected chi connectivity index (χ1v) is 4.99. The highest BCUT2D eigenvalue weighted by atomic mass is 16.5. The first-order valence-electron chi connectivity index (χ1n) is 4.99. The molecule has 0 saturated carbocycles. The Kier molecular flexibility index (Phi) is 5.04. The number of benzene rings is 1. The molecule has 2 nitrogen and oxygen atoms in total. The van der Waals surface area contributed by atoms with Crippen molar-refractivity contribution in [1.82, 2.24) is 0 Å². The summed E-state index contributed by atoms with van der Waals surface area (Å²) < 4.78 is 4.86. The van der Waals surface area contributed by atoms with Crippen LogP contribution in [0.1, 0.15) is 18.1 Å². The van der Waals surface area contributed by atoms with Crippen molar-refractivity contribution in [3.63, 3.8) is 0 Å². The molecule has 0 aliphatic heterocycles. The molecule has 2 heteroatoms. The Balaban J connectivity index is 2.93. The molecule has 0 spiro atoms. The lowest BCUT2D eigenvalue weighted by atomic mass is 10.1. The molecule has 0 atom stereocenters. The zero-order valence-electron chi connectivity index (χ0n) is 9.49. The van der Waals surface area contributed by atoms with Gasteiger partial charge in [-0.15, -0.1) is 0 Å². The van der Waals surface area contributed by atoms with Crippen LogP contribution in [0.3, 0.4) is 0 Å². The Labute approximate surface area is 95.9 Å². The molecule has 0 aromatic heterocycles. The molecule has 82 valence electrons. The summed E-state index contributed by atoms with van der Waals surface area (Å²) in [6.07, 6.45) is 3.32. The van der Waals surface area contributed by atoms with Crippen molar-refractivity contribution in [3.05, 3.63) is 41.5 Å². The highest BCUT2D eigenvalue weighted by molar-refractivity contribution is 5.91. The molecule has 0 fully saturated rings. The normalized spacial score (nSPS) is 9.88. The second-order valence-corrected chi connectivity index (χ2v) is 3.27. The standard InChI is InChI=1S/C14H14O2/c1-12(15)9-10-14-7-4-3-6-13(14)8-5-11-16-2/h3-4,6-7,9-10H,11H2,1-2H3/b10-9+. The summed E-state index contributed by atoms with van der Waals surface area (Å²) in [5.41, 5.74) is 1.85. The molecule has 0 radical (unpaired) electrons. The topological polar surface area (TPSA) is 26.3 Å². The minimum Gasteiger partial charge on any atom is -0.372 e. The number of carbonyl (C=O) groups excluding carboxylic acids is 1. The van der Waals surface area contributed by atoms with Gasteiger partial charge in [0.15, 0.2) is 5.78 Å². The third kappa shape index (κ3) is 4.12. The molecule has 0 N–H and O–H groups in total. The van der Waals surface area contributed by atoms with Gasteiger partial charge in [-0.2, -0.15) is 0 Å². The van der Waals surface area contributed by atoms with Crippen molar-refractivity contribution in [2.45, 2.75) is 6.92 Å². The van der Waals surface area contributed by atoms with Crippen LogP contribution in [0.25, 0.3) is 6.08 Å². The van der Waals surface area contributed by atoms with Crippen molar-refractivity contribution in [1.29, 1.82) is 0 Å². The number of ether oxygens (including phenoxy) is 1. The minimum absolute atomic E-state index is 0.0275. The van der Waals surface area contributed by atoms with E-state index in [1.165, 1.54) is 13.0 Å². The molecule has 16 heavy (non-hydrogen) atoms. The summed E-state index contributed by atoms with van der Waals surface area (Å²) in [5, 5.41) is 0. The van der Waals surface area contributed by atoms with Gasteiger partial charge in [-0.25, -0.2) is 0 Å². The van der Waals surface area contributed by atoms with Gasteiger partial charge in [-0.05, 0) is 24.6 Å². The maximum atomic E-state index is 10.8. The lowest BCUT2D eigenvalue weighted by Gasteiger charge is -1.97. The number of rotatable bonds is 3. The van der Waals surface area contributed by atoms with Gasteiger partial charge < -0.3 is 4.74 Å². The van der Waals surface area contributed by atoms with Crippen LogP contribution in [0.2, 0.25) is 0 Å². The van der Waals surface area contributed by atoms with Gasteiger partial charge in [0.05, 0.1) is 0 Å². The molecule has 0 bridgehead atoms. The van der Waals surface area contributed by atoms with Crippen LogP contribution >= 0.6 is 0 Å². The van der Waals surface area contributed by atoms with Crippen molar-refractivity contribution in [2.75, 3.05) is 13.7 Å². The van der Waals surface area contributed by atoms with Crippen LogP contribution in [0.5, 0.6) is 0 Å². The van der Waals surface area contributed by atoms with Gasteiger partial charge in [0, 0.05) is 12.7 Å². The Hall–Kier alpha value is -1.85. The number of carbonyl (C=O) groups is 1. The number of allylic oxidation sites excluding steroid dienone is 1. The van der Waals surface area contributed by atoms with Gasteiger partial charge in [-0.3, -0.25) is 4.79 Å². The van der Waals surface area contributed by atoms with E-state index >= 15 is 0 Å². The zero-order chi connectivity index (χ0) is 11.8. The highest BCUT2D eigenvalue weighted by Gasteiger charge is 1.94. The summed E-state index contributed by atoms with van der Waals surface area (Å²) in [6.45, 7) is 1.93. The zero-order valence-corrected chi connectivity index (χ0v) is 9.49. The van der Waals surface area contributed by atoms with Crippen LogP contribution in [-0.4, -0.2) is 19.5 Å². The second kappa shape index (κ2) is 6.60. The second-order valence-electron chi connectivity index (χ2n) is 3.27. The van der Waals surface area contributed by atoms with E-state index in [2.05, 4.69) is 11.8 Å². The molecule has 0 saturated heterocycles. The van der Waals surface area contributed by atoms with Crippen molar-refractivity contribution >= 4 is 11.9 Å². The maximum absolute atomic E-state index is 10.8. The van der Waals surface area contributed by atoms with Crippen molar-refractivity contribution in [2.24, 2.45) is 0 Å². The third-order valence-electron chi connectivity index (χ3n) is 1.90. The average Bonchev–Trinajstić information content (AvgIpc) is 2.28. The molecule has 1 rings (SSSR count). The predicted octanol–water partition coefficient (Wildman–Crippen LogP) is 2.29. The summed E-state index contributed by atoms with van der Waals surface area (Å²) in [6, 6.07) is 7.68. The highest BCUT2D eigenvalue weighted by Crippen LogP contribution is 2.09. The number of hydrogen-bond acceptors (Lipinski definition) is 2. The van der Waals surface area contributed by atoms with Crippen LogP contribution in [0, 0.1) is 11.8 Å². The van der Waals surface area contributed by atoms with E-state index in [0.29, 0.717) is 6.61 Å². The van der Waals surface area contributed by atoms with E-state index in [-0.39, 0.29) is 5.78 Å². The van der Waals surface area contributed by atoms with E-state index in [1.807, 2.05) is 24.3 Å². The first kappa shape index (κ1) is 12.2. The fourth-order valence-corrected chi connectivity index (χ4v) is 1.17. The SMILES string of the molecule is COCC#Cc1ccccc1/C=C/C(C)=O. The van der Waals surface area contributed by atoms with E-state index < -0.39 is 0 Å². The van der Waals surface area contributed by atoms with Gasteiger partial charge in [-0.1, -0.05) is 36.1 Å². The van der Waals surface area contributed by atoms with Crippen molar-refractivity contribution < 1.29 is 9.53 Å². The molecule has 0 heterocycles. The van der Waals surface area contributed by atoms with Gasteiger partial charge in [0.2, 0.25) is 0 Å². The Morgan fingerprint density at radius 2 is 2.19 bits per heavy atom. The van der Waals surface area contributed by atoms with Gasteiger partial charge >= 0.3 is 0 Å². The van der Waals surface area contributed by atoms with E-state index in [4.69, 9.17) is 4.74 Å². The third-order valence-corrected chi connectivity index (χ3v) is 1.90. The van der Waals surface area contributed by atoms with Crippen LogP contribution < -0.4 is 0 Å². The van der Waals surface area contributed by atoms with Crippen LogP contribution in [0.15, 0.2) is 30.3 Å². The largest absolute Gasteiger partial charge is 0.372 e. The fraction of sp³-hybridized carbons (Fsp3) is 0.214. The molecule has 0 amide bonds. The lowest BCUT2D eigenvalue weighted by Crippen LogP contribution is -1.86. The molecule has 1 aromatic rings. The Morgan fingerprint density at radius 1 is 1.44 bits per heavy atom. The predicted molar refractivity (Wildman–Crippen MR) is 64.9 cm³/mol. The molecule has 0 aliphatic rings. The number of ketones is 1. The summed E-state index contributed by atoms with van der Waals surface area (Å²) >= 11 is 0. The van der Waals surface area contributed by atoms with Gasteiger partial charge in [0.25, 0.3) is 0 Å². The first-order chi connectivity index (χ1) is 7.74. The Morgan fingerprint density at radius 3 is 2.88 bits per heavy atom. The fourth-order valence-electron chi connectivity index (χ4n) is 1.17. The molecular formula is C14H14O2. The maximum Gasteiger partial charge on any atom is 0.152 e. The van der Waals surface area contributed by atoms with Crippen LogP contribution in [-0.2, 0) is 9.53 Å². The lowest BCUT2D eigenvalue weighted by molar-refractivity contribution is -0.112. The summed E-state index contributed by atoms with van der Waals surface area (Å²) in [7, 11) is 1.61. The Bertz CT molecular complexity index is 447. The van der Waals surface area contributed by atoms with Crippen molar-refractivity contribution in [3.8, 4) is 11.8 Å². The monoisotopic (exact) mass is 214 g/mol.